The Morgan fingerprint density at radius 3 is 2.44 bits per heavy atom. The second kappa shape index (κ2) is 8.13. The van der Waals surface area contributed by atoms with Crippen molar-refractivity contribution in [1.82, 2.24) is 0 Å². The Morgan fingerprint density at radius 1 is 1.12 bits per heavy atom. The van der Waals surface area contributed by atoms with E-state index < -0.39 is 0 Å². The van der Waals surface area contributed by atoms with E-state index in [2.05, 4.69) is 17.0 Å². The Morgan fingerprint density at radius 2 is 1.81 bits per heavy atom. The van der Waals surface area contributed by atoms with Crippen LogP contribution in [0.1, 0.15) is 12.8 Å². The molecule has 1 rings (SSSR count). The second-order valence-electron chi connectivity index (χ2n) is 3.75. The number of methoxy groups -OCH3 is 1. The van der Waals surface area contributed by atoms with E-state index in [9.17, 15) is 0 Å². The standard InChI is InChI=1S/C13H21NO2/c1-16-12-6-10-14(9-5-11-15)13-7-3-2-4-8-13/h2-4,7-8,15H,5-6,9-12H2,1H3. The summed E-state index contributed by atoms with van der Waals surface area (Å²) in [6, 6.07) is 10.3. The number of benzene rings is 1. The number of para-hydroxylation sites is 1. The van der Waals surface area contributed by atoms with Crippen LogP contribution in [0, 0.1) is 0 Å². The molecular formula is C13H21NO2. The molecule has 0 bridgehead atoms. The summed E-state index contributed by atoms with van der Waals surface area (Å²) in [5, 5.41) is 8.88. The van der Waals surface area contributed by atoms with E-state index >= 15 is 0 Å². The van der Waals surface area contributed by atoms with Crippen molar-refractivity contribution in [3.05, 3.63) is 30.3 Å². The third-order valence-corrected chi connectivity index (χ3v) is 2.48. The quantitative estimate of drug-likeness (QED) is 0.683. The average molecular weight is 223 g/mol. The highest BCUT2D eigenvalue weighted by atomic mass is 16.5. The van der Waals surface area contributed by atoms with Gasteiger partial charge in [-0.2, -0.15) is 0 Å². The molecule has 0 saturated carbocycles. The lowest BCUT2D eigenvalue weighted by molar-refractivity contribution is 0.196. The molecule has 3 heteroatoms. The maximum atomic E-state index is 8.88. The number of rotatable bonds is 8. The lowest BCUT2D eigenvalue weighted by Gasteiger charge is -2.24. The van der Waals surface area contributed by atoms with Crippen LogP contribution in [0.15, 0.2) is 30.3 Å². The molecule has 0 fully saturated rings. The lowest BCUT2D eigenvalue weighted by Crippen LogP contribution is -2.27. The summed E-state index contributed by atoms with van der Waals surface area (Å²) in [5.74, 6) is 0. The Balaban J connectivity index is 2.49. The molecule has 0 unspecified atom stereocenters. The highest BCUT2D eigenvalue weighted by Gasteiger charge is 2.04. The molecule has 1 aromatic carbocycles. The van der Waals surface area contributed by atoms with Gasteiger partial charge in [0.2, 0.25) is 0 Å². The van der Waals surface area contributed by atoms with Gasteiger partial charge in [0.1, 0.15) is 0 Å². The van der Waals surface area contributed by atoms with Crippen LogP contribution in [-0.4, -0.2) is 38.5 Å². The van der Waals surface area contributed by atoms with Crippen LogP contribution >= 0.6 is 0 Å². The van der Waals surface area contributed by atoms with E-state index in [-0.39, 0.29) is 6.61 Å². The van der Waals surface area contributed by atoms with E-state index in [4.69, 9.17) is 9.84 Å². The number of aliphatic hydroxyl groups excluding tert-OH is 1. The zero-order valence-corrected chi connectivity index (χ0v) is 9.93. The van der Waals surface area contributed by atoms with Crippen molar-refractivity contribution in [3.63, 3.8) is 0 Å². The largest absolute Gasteiger partial charge is 0.396 e. The van der Waals surface area contributed by atoms with Crippen LogP contribution in [-0.2, 0) is 4.74 Å². The van der Waals surface area contributed by atoms with Crippen LogP contribution in [0.25, 0.3) is 0 Å². The van der Waals surface area contributed by atoms with Gasteiger partial charge in [-0.15, -0.1) is 0 Å². The number of hydrogen-bond acceptors (Lipinski definition) is 3. The number of ether oxygens (including phenoxy) is 1. The minimum absolute atomic E-state index is 0.244. The predicted octanol–water partition coefficient (Wildman–Crippen LogP) is 1.91. The Labute approximate surface area is 97.7 Å². The summed E-state index contributed by atoms with van der Waals surface area (Å²) in [6.45, 7) is 2.89. The molecular weight excluding hydrogens is 202 g/mol. The number of aliphatic hydroxyl groups is 1. The fraction of sp³-hybridized carbons (Fsp3) is 0.538. The third-order valence-electron chi connectivity index (χ3n) is 2.48. The zero-order valence-electron chi connectivity index (χ0n) is 9.93. The molecule has 0 aliphatic heterocycles. The first-order valence-electron chi connectivity index (χ1n) is 5.78. The fourth-order valence-electron chi connectivity index (χ4n) is 1.67. The average Bonchev–Trinajstić information content (AvgIpc) is 2.35. The molecule has 16 heavy (non-hydrogen) atoms. The zero-order chi connectivity index (χ0) is 11.6. The molecule has 0 aliphatic rings. The molecule has 3 nitrogen and oxygen atoms in total. The molecule has 0 heterocycles. The SMILES string of the molecule is COCCCN(CCCO)c1ccccc1. The van der Waals surface area contributed by atoms with Gasteiger partial charge in [0.05, 0.1) is 0 Å². The minimum atomic E-state index is 0.244. The molecule has 0 spiro atoms. The predicted molar refractivity (Wildman–Crippen MR) is 66.9 cm³/mol. The maximum Gasteiger partial charge on any atom is 0.0479 e. The van der Waals surface area contributed by atoms with Crippen molar-refractivity contribution in [3.8, 4) is 0 Å². The first-order valence-corrected chi connectivity index (χ1v) is 5.78. The lowest BCUT2D eigenvalue weighted by atomic mass is 10.2. The molecule has 0 amide bonds. The topological polar surface area (TPSA) is 32.7 Å². The van der Waals surface area contributed by atoms with Crippen LogP contribution in [0.3, 0.4) is 0 Å². The van der Waals surface area contributed by atoms with E-state index in [1.54, 1.807) is 7.11 Å². The molecule has 0 saturated heterocycles. The van der Waals surface area contributed by atoms with Crippen molar-refractivity contribution in [2.75, 3.05) is 38.3 Å². The van der Waals surface area contributed by atoms with Crippen molar-refractivity contribution in [1.29, 1.82) is 0 Å². The molecule has 1 aromatic rings. The van der Waals surface area contributed by atoms with Gasteiger partial charge in [-0.25, -0.2) is 0 Å². The van der Waals surface area contributed by atoms with Crippen molar-refractivity contribution in [2.45, 2.75) is 12.8 Å². The molecule has 1 N–H and O–H groups in total. The summed E-state index contributed by atoms with van der Waals surface area (Å²) in [5.41, 5.74) is 1.21. The first-order chi connectivity index (χ1) is 7.88. The van der Waals surface area contributed by atoms with Gasteiger partial charge in [0, 0.05) is 39.1 Å². The molecule has 0 aliphatic carbocycles. The summed E-state index contributed by atoms with van der Waals surface area (Å²) < 4.78 is 5.06. The van der Waals surface area contributed by atoms with E-state index in [0.29, 0.717) is 0 Å². The first kappa shape index (κ1) is 13.0. The summed E-state index contributed by atoms with van der Waals surface area (Å²) in [6.07, 6.45) is 1.82. The van der Waals surface area contributed by atoms with Crippen LogP contribution in [0.5, 0.6) is 0 Å². The Kier molecular flexibility index (Phi) is 6.61. The van der Waals surface area contributed by atoms with Gasteiger partial charge in [-0.1, -0.05) is 18.2 Å². The molecule has 0 atom stereocenters. The van der Waals surface area contributed by atoms with Gasteiger partial charge >= 0.3 is 0 Å². The van der Waals surface area contributed by atoms with Gasteiger partial charge in [-0.05, 0) is 25.0 Å². The highest BCUT2D eigenvalue weighted by molar-refractivity contribution is 5.45. The van der Waals surface area contributed by atoms with Gasteiger partial charge in [0.25, 0.3) is 0 Å². The monoisotopic (exact) mass is 223 g/mol. The third kappa shape index (κ3) is 4.64. The second-order valence-corrected chi connectivity index (χ2v) is 3.75. The van der Waals surface area contributed by atoms with Crippen molar-refractivity contribution < 1.29 is 9.84 Å². The molecule has 0 aromatic heterocycles. The molecule has 0 radical (unpaired) electrons. The number of nitrogens with zero attached hydrogens (tertiary/aromatic N) is 1. The maximum absolute atomic E-state index is 8.88. The normalized spacial score (nSPS) is 10.4. The fourth-order valence-corrected chi connectivity index (χ4v) is 1.67. The van der Waals surface area contributed by atoms with E-state index in [0.717, 1.165) is 32.5 Å². The van der Waals surface area contributed by atoms with Crippen LogP contribution in [0.2, 0.25) is 0 Å². The Bertz CT molecular complexity index is 264. The number of anilines is 1. The van der Waals surface area contributed by atoms with Gasteiger partial charge < -0.3 is 14.7 Å². The van der Waals surface area contributed by atoms with Crippen molar-refractivity contribution >= 4 is 5.69 Å². The number of hydrogen-bond donors (Lipinski definition) is 1. The van der Waals surface area contributed by atoms with Gasteiger partial charge in [-0.3, -0.25) is 0 Å². The van der Waals surface area contributed by atoms with Crippen molar-refractivity contribution in [2.24, 2.45) is 0 Å². The summed E-state index contributed by atoms with van der Waals surface area (Å²) in [4.78, 5) is 2.29. The highest BCUT2D eigenvalue weighted by Crippen LogP contribution is 2.13. The minimum Gasteiger partial charge on any atom is -0.396 e. The van der Waals surface area contributed by atoms with Crippen LogP contribution < -0.4 is 4.90 Å². The smallest absolute Gasteiger partial charge is 0.0479 e. The summed E-state index contributed by atoms with van der Waals surface area (Å²) >= 11 is 0. The van der Waals surface area contributed by atoms with E-state index in [1.165, 1.54) is 5.69 Å². The van der Waals surface area contributed by atoms with E-state index in [1.807, 2.05) is 18.2 Å². The Hall–Kier alpha value is -1.06. The van der Waals surface area contributed by atoms with Crippen LogP contribution in [0.4, 0.5) is 5.69 Å². The summed E-state index contributed by atoms with van der Waals surface area (Å²) in [7, 11) is 1.72. The molecule has 90 valence electrons. The van der Waals surface area contributed by atoms with Gasteiger partial charge in [0.15, 0.2) is 0 Å².